The van der Waals surface area contributed by atoms with Crippen LogP contribution in [0.3, 0.4) is 0 Å². The number of aromatic nitrogens is 1. The molecule has 0 atom stereocenters. The first-order chi connectivity index (χ1) is 5.70. The number of ketones is 1. The maximum Gasteiger partial charge on any atom is 0.405 e. The van der Waals surface area contributed by atoms with Crippen LogP contribution in [-0.2, 0) is 0 Å². The summed E-state index contributed by atoms with van der Waals surface area (Å²) in [7, 11) is 0. The zero-order valence-electron chi connectivity index (χ0n) is 6.20. The van der Waals surface area contributed by atoms with E-state index in [1.54, 1.807) is 18.3 Å². The monoisotopic (exact) mass is 168 g/mol. The lowest BCUT2D eigenvalue weighted by Crippen LogP contribution is -2.27. The Kier molecular flexibility index (Phi) is 2.47. The highest BCUT2D eigenvalue weighted by atomic mass is 16.4. The number of Topliss-reactive ketones (excluding diaryl/α,β-unsaturated/α-hetero) is 1. The summed E-state index contributed by atoms with van der Waals surface area (Å²) in [6, 6.07) is 3.26. The summed E-state index contributed by atoms with van der Waals surface area (Å²) in [5, 5.41) is 10.2. The van der Waals surface area contributed by atoms with Gasteiger partial charge in [0.1, 0.15) is 0 Å². The molecule has 0 aliphatic heterocycles. The van der Waals surface area contributed by atoms with Crippen molar-refractivity contribution in [1.82, 2.24) is 10.3 Å². The average molecular weight is 168 g/mol. The molecule has 0 bridgehead atoms. The second-order valence-electron chi connectivity index (χ2n) is 2.17. The molecule has 1 aromatic rings. The highest BCUT2D eigenvalue weighted by molar-refractivity contribution is 5.97. The number of nitrogens with one attached hydrogen (secondary N) is 2. The first-order valence-electron chi connectivity index (χ1n) is 3.33. The molecule has 0 spiro atoms. The van der Waals surface area contributed by atoms with Crippen molar-refractivity contribution in [3.8, 4) is 0 Å². The number of aromatic amines is 1. The van der Waals surface area contributed by atoms with Crippen molar-refractivity contribution in [3.63, 3.8) is 0 Å². The standard InChI is InChI=1S/C7H8N2O3/c10-6(4-9-7(11)12)5-2-1-3-8-5/h1-3,8-9H,4H2,(H,11,12). The number of H-pyrrole nitrogens is 1. The lowest BCUT2D eigenvalue weighted by atomic mass is 10.3. The number of hydrogen-bond acceptors (Lipinski definition) is 2. The summed E-state index contributed by atoms with van der Waals surface area (Å²) in [5.74, 6) is -0.276. The van der Waals surface area contributed by atoms with Crippen molar-refractivity contribution >= 4 is 11.9 Å². The number of amides is 1. The van der Waals surface area contributed by atoms with Crippen molar-refractivity contribution in [1.29, 1.82) is 0 Å². The SMILES string of the molecule is O=C(O)NCC(=O)c1ccc[nH]1. The van der Waals surface area contributed by atoms with Crippen molar-refractivity contribution < 1.29 is 14.7 Å². The average Bonchev–Trinajstić information content (AvgIpc) is 2.51. The minimum absolute atomic E-state index is 0.199. The zero-order chi connectivity index (χ0) is 8.97. The lowest BCUT2D eigenvalue weighted by molar-refractivity contribution is 0.0983. The van der Waals surface area contributed by atoms with Crippen LogP contribution in [-0.4, -0.2) is 28.5 Å². The van der Waals surface area contributed by atoms with E-state index in [1.165, 1.54) is 0 Å². The fourth-order valence-corrected chi connectivity index (χ4v) is 0.755. The van der Waals surface area contributed by atoms with Gasteiger partial charge < -0.3 is 15.4 Å². The number of carbonyl (C=O) groups excluding carboxylic acids is 1. The van der Waals surface area contributed by atoms with Gasteiger partial charge in [0.15, 0.2) is 5.78 Å². The molecule has 0 saturated heterocycles. The highest BCUT2D eigenvalue weighted by Crippen LogP contribution is 1.94. The molecule has 1 amide bonds. The van der Waals surface area contributed by atoms with Crippen LogP contribution in [0.1, 0.15) is 10.5 Å². The predicted octanol–water partition coefficient (Wildman–Crippen LogP) is 0.465. The van der Waals surface area contributed by atoms with Crippen LogP contribution < -0.4 is 5.32 Å². The van der Waals surface area contributed by atoms with Crippen LogP contribution in [0.5, 0.6) is 0 Å². The van der Waals surface area contributed by atoms with E-state index in [4.69, 9.17) is 5.11 Å². The van der Waals surface area contributed by atoms with Gasteiger partial charge in [0, 0.05) is 6.20 Å². The molecule has 0 aromatic carbocycles. The normalized spacial score (nSPS) is 9.33. The molecule has 0 radical (unpaired) electrons. The Bertz CT molecular complexity index is 279. The Hall–Kier alpha value is -1.78. The van der Waals surface area contributed by atoms with E-state index in [0.29, 0.717) is 5.69 Å². The van der Waals surface area contributed by atoms with E-state index in [1.807, 2.05) is 5.32 Å². The van der Waals surface area contributed by atoms with Crippen molar-refractivity contribution in [3.05, 3.63) is 24.0 Å². The summed E-state index contributed by atoms with van der Waals surface area (Å²) < 4.78 is 0. The molecule has 0 fully saturated rings. The zero-order valence-corrected chi connectivity index (χ0v) is 6.20. The summed E-state index contributed by atoms with van der Waals surface area (Å²) in [4.78, 5) is 23.7. The van der Waals surface area contributed by atoms with Gasteiger partial charge in [-0.05, 0) is 12.1 Å². The predicted molar refractivity (Wildman–Crippen MR) is 41.2 cm³/mol. The van der Waals surface area contributed by atoms with E-state index >= 15 is 0 Å². The first kappa shape index (κ1) is 8.32. The number of carbonyl (C=O) groups is 2. The molecule has 5 nitrogen and oxygen atoms in total. The summed E-state index contributed by atoms with van der Waals surface area (Å²) >= 11 is 0. The van der Waals surface area contributed by atoms with Gasteiger partial charge in [0.05, 0.1) is 12.2 Å². The molecule has 1 rings (SSSR count). The number of rotatable bonds is 3. The second kappa shape index (κ2) is 3.56. The summed E-state index contributed by atoms with van der Waals surface area (Å²) in [6.45, 7) is -0.199. The molecule has 0 saturated carbocycles. The summed E-state index contributed by atoms with van der Waals surface area (Å²) in [6.07, 6.45) is 0.406. The van der Waals surface area contributed by atoms with Gasteiger partial charge in [-0.2, -0.15) is 0 Å². The second-order valence-corrected chi connectivity index (χ2v) is 2.17. The van der Waals surface area contributed by atoms with Gasteiger partial charge in [-0.25, -0.2) is 4.79 Å². The fourth-order valence-electron chi connectivity index (χ4n) is 0.755. The van der Waals surface area contributed by atoms with Crippen molar-refractivity contribution in [2.24, 2.45) is 0 Å². The number of hydrogen-bond donors (Lipinski definition) is 3. The van der Waals surface area contributed by atoms with Gasteiger partial charge in [0.25, 0.3) is 0 Å². The number of carboxylic acid groups (broad SMARTS) is 1. The third kappa shape index (κ3) is 2.12. The third-order valence-electron chi connectivity index (χ3n) is 1.30. The van der Waals surface area contributed by atoms with E-state index in [9.17, 15) is 9.59 Å². The van der Waals surface area contributed by atoms with Gasteiger partial charge in [-0.3, -0.25) is 4.79 Å². The molecule has 1 aromatic heterocycles. The van der Waals surface area contributed by atoms with Gasteiger partial charge in [0.2, 0.25) is 0 Å². The minimum Gasteiger partial charge on any atom is -0.465 e. The highest BCUT2D eigenvalue weighted by Gasteiger charge is 2.06. The van der Waals surface area contributed by atoms with E-state index in [0.717, 1.165) is 0 Å². The molecule has 1 heterocycles. The van der Waals surface area contributed by atoms with Crippen LogP contribution in [0.25, 0.3) is 0 Å². The van der Waals surface area contributed by atoms with Crippen LogP contribution in [0.4, 0.5) is 4.79 Å². The van der Waals surface area contributed by atoms with Crippen LogP contribution in [0, 0.1) is 0 Å². The van der Waals surface area contributed by atoms with E-state index in [-0.39, 0.29) is 12.3 Å². The molecular formula is C7H8N2O3. The first-order valence-corrected chi connectivity index (χ1v) is 3.33. The van der Waals surface area contributed by atoms with Gasteiger partial charge in [-0.15, -0.1) is 0 Å². The maximum atomic E-state index is 11.1. The van der Waals surface area contributed by atoms with Gasteiger partial charge >= 0.3 is 6.09 Å². The Morgan fingerprint density at radius 1 is 1.58 bits per heavy atom. The molecule has 12 heavy (non-hydrogen) atoms. The fraction of sp³-hybridized carbons (Fsp3) is 0.143. The van der Waals surface area contributed by atoms with Crippen LogP contribution in [0.15, 0.2) is 18.3 Å². The van der Waals surface area contributed by atoms with Crippen LogP contribution >= 0.6 is 0 Å². The van der Waals surface area contributed by atoms with Crippen molar-refractivity contribution in [2.75, 3.05) is 6.54 Å². The molecule has 64 valence electrons. The molecule has 0 aliphatic rings. The Labute approximate surface area is 68.4 Å². The smallest absolute Gasteiger partial charge is 0.405 e. The Morgan fingerprint density at radius 3 is 2.83 bits per heavy atom. The third-order valence-corrected chi connectivity index (χ3v) is 1.30. The van der Waals surface area contributed by atoms with Gasteiger partial charge in [-0.1, -0.05) is 0 Å². The molecule has 0 unspecified atom stereocenters. The lowest BCUT2D eigenvalue weighted by Gasteiger charge is -1.96. The molecule has 3 N–H and O–H groups in total. The maximum absolute atomic E-state index is 11.1. The van der Waals surface area contributed by atoms with Crippen LogP contribution in [0.2, 0.25) is 0 Å². The van der Waals surface area contributed by atoms with E-state index in [2.05, 4.69) is 4.98 Å². The molecule has 0 aliphatic carbocycles. The minimum atomic E-state index is -1.20. The molecule has 5 heteroatoms. The molecular weight excluding hydrogens is 160 g/mol. The Balaban J connectivity index is 2.45. The summed E-state index contributed by atoms with van der Waals surface area (Å²) in [5.41, 5.74) is 0.406. The Morgan fingerprint density at radius 2 is 2.33 bits per heavy atom. The topological polar surface area (TPSA) is 82.2 Å². The quantitative estimate of drug-likeness (QED) is 0.573. The van der Waals surface area contributed by atoms with Crippen molar-refractivity contribution in [2.45, 2.75) is 0 Å². The van der Waals surface area contributed by atoms with E-state index < -0.39 is 6.09 Å². The largest absolute Gasteiger partial charge is 0.465 e.